The molecule has 36 heavy (non-hydrogen) atoms. The molecule has 0 radical (unpaired) electrons. The fourth-order valence-electron chi connectivity index (χ4n) is 4.22. The molecule has 1 aromatic heterocycles. The molecule has 0 bridgehead atoms. The molecule has 0 atom stereocenters. The average molecular weight is 504 g/mol. The van der Waals surface area contributed by atoms with Crippen molar-refractivity contribution < 1.29 is 17.9 Å². The van der Waals surface area contributed by atoms with E-state index in [0.29, 0.717) is 54.5 Å². The van der Waals surface area contributed by atoms with E-state index >= 15 is 0 Å². The van der Waals surface area contributed by atoms with Crippen LogP contribution in [0, 0.1) is 6.92 Å². The number of nitrogens with two attached hydrogens (primary N) is 1. The monoisotopic (exact) mass is 503 g/mol. The fraction of sp³-hybridized carbons (Fsp3) is 0.192. The van der Waals surface area contributed by atoms with Crippen molar-refractivity contribution in [2.24, 2.45) is 5.73 Å². The largest absolute Gasteiger partial charge is 0.379 e. The standard InChI is InChI=1S/C26H25N5O4S/c1-17-6-7-19(16-23(17)36(33,34)31-12-14-35-15-13-31)24-21-4-2-3-5-22(21)26(30-29-24)28-20-10-8-18(9-11-20)25(27)32/h2-11,16H,12-15H2,1H3,(H2,27,32)(H,28,30). The number of carbonyl (C=O) groups excluding carboxylic acids is 1. The molecule has 3 N–H and O–H groups in total. The molecule has 0 aliphatic carbocycles. The van der Waals surface area contributed by atoms with Crippen LogP contribution in [0.15, 0.2) is 71.6 Å². The highest BCUT2D eigenvalue weighted by Gasteiger charge is 2.28. The van der Waals surface area contributed by atoms with Gasteiger partial charge >= 0.3 is 0 Å². The first-order valence-corrected chi connectivity index (χ1v) is 12.9. The Morgan fingerprint density at radius 2 is 1.67 bits per heavy atom. The number of fused-ring (bicyclic) bond motifs is 1. The van der Waals surface area contributed by atoms with Gasteiger partial charge in [0.15, 0.2) is 5.82 Å². The summed E-state index contributed by atoms with van der Waals surface area (Å²) >= 11 is 0. The summed E-state index contributed by atoms with van der Waals surface area (Å²) in [5.41, 5.74) is 8.37. The van der Waals surface area contributed by atoms with Crippen molar-refractivity contribution in [3.8, 4) is 11.3 Å². The highest BCUT2D eigenvalue weighted by Crippen LogP contribution is 2.33. The van der Waals surface area contributed by atoms with E-state index in [1.165, 1.54) is 4.31 Å². The summed E-state index contributed by atoms with van der Waals surface area (Å²) < 4.78 is 33.5. The summed E-state index contributed by atoms with van der Waals surface area (Å²) in [4.78, 5) is 11.6. The molecule has 10 heteroatoms. The van der Waals surface area contributed by atoms with E-state index in [-0.39, 0.29) is 4.90 Å². The molecule has 2 heterocycles. The highest BCUT2D eigenvalue weighted by molar-refractivity contribution is 7.89. The number of hydrogen-bond acceptors (Lipinski definition) is 7. The van der Waals surface area contributed by atoms with E-state index in [1.807, 2.05) is 30.3 Å². The predicted octanol–water partition coefficient (Wildman–Crippen LogP) is 3.47. The summed E-state index contributed by atoms with van der Waals surface area (Å²) in [5.74, 6) is 0.0405. The van der Waals surface area contributed by atoms with Crippen LogP contribution in [0.5, 0.6) is 0 Å². The van der Waals surface area contributed by atoms with E-state index in [2.05, 4.69) is 15.5 Å². The van der Waals surface area contributed by atoms with Crippen molar-refractivity contribution in [2.75, 3.05) is 31.6 Å². The van der Waals surface area contributed by atoms with Crippen molar-refractivity contribution in [1.29, 1.82) is 0 Å². The van der Waals surface area contributed by atoms with Gasteiger partial charge in [-0.2, -0.15) is 4.31 Å². The second-order valence-electron chi connectivity index (χ2n) is 8.51. The summed E-state index contributed by atoms with van der Waals surface area (Å²) in [6, 6.07) is 19.7. The Labute approximate surface area is 209 Å². The molecule has 184 valence electrons. The van der Waals surface area contributed by atoms with E-state index in [0.717, 1.165) is 16.5 Å². The van der Waals surface area contributed by atoms with Gasteiger partial charge in [0.1, 0.15) is 5.69 Å². The van der Waals surface area contributed by atoms with Crippen LogP contribution in [0.3, 0.4) is 0 Å². The number of morpholine rings is 1. The Morgan fingerprint density at radius 1 is 0.972 bits per heavy atom. The van der Waals surface area contributed by atoms with Crippen molar-refractivity contribution in [3.63, 3.8) is 0 Å². The zero-order chi connectivity index (χ0) is 25.3. The Balaban J connectivity index is 1.54. The molecular weight excluding hydrogens is 478 g/mol. The molecule has 3 aromatic carbocycles. The predicted molar refractivity (Wildman–Crippen MR) is 138 cm³/mol. The molecule has 1 aliphatic heterocycles. The lowest BCUT2D eigenvalue weighted by Crippen LogP contribution is -2.40. The third kappa shape index (κ3) is 4.53. The molecule has 1 fully saturated rings. The minimum absolute atomic E-state index is 0.254. The first-order valence-electron chi connectivity index (χ1n) is 11.5. The molecule has 1 saturated heterocycles. The van der Waals surface area contributed by atoms with Crippen LogP contribution in [-0.2, 0) is 14.8 Å². The number of hydrogen-bond donors (Lipinski definition) is 2. The first kappa shape index (κ1) is 23.9. The molecule has 0 spiro atoms. The van der Waals surface area contributed by atoms with Crippen LogP contribution in [0.25, 0.3) is 22.0 Å². The summed E-state index contributed by atoms with van der Waals surface area (Å²) in [5, 5.41) is 13.8. The maximum absolute atomic E-state index is 13.4. The van der Waals surface area contributed by atoms with Gasteiger partial charge in [-0.3, -0.25) is 4.79 Å². The van der Waals surface area contributed by atoms with Gasteiger partial charge in [-0.25, -0.2) is 8.42 Å². The van der Waals surface area contributed by atoms with Crippen LogP contribution < -0.4 is 11.1 Å². The Hall–Kier alpha value is -3.86. The summed E-state index contributed by atoms with van der Waals surface area (Å²) in [7, 11) is -3.68. The minimum Gasteiger partial charge on any atom is -0.379 e. The fourth-order valence-corrected chi connectivity index (χ4v) is 5.87. The lowest BCUT2D eigenvalue weighted by atomic mass is 10.0. The van der Waals surface area contributed by atoms with Gasteiger partial charge in [-0.1, -0.05) is 36.4 Å². The third-order valence-corrected chi connectivity index (χ3v) is 8.21. The summed E-state index contributed by atoms with van der Waals surface area (Å²) in [6.07, 6.45) is 0. The number of rotatable bonds is 6. The van der Waals surface area contributed by atoms with Gasteiger partial charge in [0.05, 0.1) is 18.1 Å². The van der Waals surface area contributed by atoms with Crippen LogP contribution in [0.2, 0.25) is 0 Å². The quantitative estimate of drug-likeness (QED) is 0.412. The maximum atomic E-state index is 13.4. The molecule has 0 saturated carbocycles. The number of primary amides is 1. The van der Waals surface area contributed by atoms with Crippen LogP contribution >= 0.6 is 0 Å². The number of aromatic nitrogens is 2. The number of benzene rings is 3. The van der Waals surface area contributed by atoms with Gasteiger partial charge in [-0.15, -0.1) is 10.2 Å². The topological polar surface area (TPSA) is 128 Å². The number of aryl methyl sites for hydroxylation is 1. The van der Waals surface area contributed by atoms with Crippen LogP contribution in [0.1, 0.15) is 15.9 Å². The van der Waals surface area contributed by atoms with Crippen molar-refractivity contribution >= 4 is 38.2 Å². The summed E-state index contributed by atoms with van der Waals surface area (Å²) in [6.45, 7) is 3.21. The van der Waals surface area contributed by atoms with Gasteiger partial charge in [-0.05, 0) is 42.8 Å². The number of amides is 1. The van der Waals surface area contributed by atoms with Gasteiger partial charge in [0, 0.05) is 40.7 Å². The molecule has 5 rings (SSSR count). The average Bonchev–Trinajstić information content (AvgIpc) is 2.90. The third-order valence-electron chi connectivity index (χ3n) is 6.17. The number of sulfonamides is 1. The van der Waals surface area contributed by atoms with E-state index in [4.69, 9.17) is 10.5 Å². The number of anilines is 2. The molecular formula is C26H25N5O4S. The molecule has 1 aliphatic rings. The number of nitrogens with one attached hydrogen (secondary N) is 1. The normalized spacial score (nSPS) is 14.6. The Morgan fingerprint density at radius 3 is 2.36 bits per heavy atom. The zero-order valence-corrected chi connectivity index (χ0v) is 20.5. The van der Waals surface area contributed by atoms with Gasteiger partial charge in [0.2, 0.25) is 15.9 Å². The lowest BCUT2D eigenvalue weighted by Gasteiger charge is -2.26. The van der Waals surface area contributed by atoms with Crippen LogP contribution in [0.4, 0.5) is 11.5 Å². The van der Waals surface area contributed by atoms with Crippen molar-refractivity contribution in [3.05, 3.63) is 77.9 Å². The van der Waals surface area contributed by atoms with Gasteiger partial charge in [0.25, 0.3) is 0 Å². The number of ether oxygens (including phenoxy) is 1. The van der Waals surface area contributed by atoms with Crippen LogP contribution in [-0.4, -0.2) is 55.1 Å². The molecule has 9 nitrogen and oxygen atoms in total. The number of nitrogens with zero attached hydrogens (tertiary/aromatic N) is 3. The SMILES string of the molecule is Cc1ccc(-c2nnc(Nc3ccc(C(N)=O)cc3)c3ccccc23)cc1S(=O)(=O)N1CCOCC1. The Bertz CT molecular complexity index is 1550. The second kappa shape index (κ2) is 9.65. The smallest absolute Gasteiger partial charge is 0.248 e. The lowest BCUT2D eigenvalue weighted by molar-refractivity contribution is 0.0730. The van der Waals surface area contributed by atoms with Gasteiger partial charge < -0.3 is 15.8 Å². The van der Waals surface area contributed by atoms with Crippen molar-refractivity contribution in [1.82, 2.24) is 14.5 Å². The van der Waals surface area contributed by atoms with Crippen molar-refractivity contribution in [2.45, 2.75) is 11.8 Å². The van der Waals surface area contributed by atoms with E-state index in [9.17, 15) is 13.2 Å². The van der Waals surface area contributed by atoms with E-state index in [1.54, 1.807) is 43.3 Å². The Kier molecular flexibility index (Phi) is 6.40. The molecule has 4 aromatic rings. The zero-order valence-electron chi connectivity index (χ0n) is 19.6. The maximum Gasteiger partial charge on any atom is 0.248 e. The number of carbonyl (C=O) groups is 1. The highest BCUT2D eigenvalue weighted by atomic mass is 32.2. The van der Waals surface area contributed by atoms with E-state index < -0.39 is 15.9 Å². The molecule has 0 unspecified atom stereocenters. The first-order chi connectivity index (χ1) is 17.3. The second-order valence-corrected chi connectivity index (χ2v) is 10.4. The molecule has 1 amide bonds. The minimum atomic E-state index is -3.68.